The largest absolute Gasteiger partial charge is 0.491 e. The van der Waals surface area contributed by atoms with E-state index in [0.29, 0.717) is 23.6 Å². The number of benzene rings is 1. The van der Waals surface area contributed by atoms with Crippen molar-refractivity contribution >= 4 is 11.5 Å². The third-order valence-corrected chi connectivity index (χ3v) is 2.55. The molecule has 0 aromatic heterocycles. The second kappa shape index (κ2) is 4.97. The number of anilines is 1. The molecule has 96 valence electrons. The second-order valence-electron chi connectivity index (χ2n) is 4.05. The molecule has 2 rings (SSSR count). The number of hydrogen-bond acceptors (Lipinski definition) is 5. The molecule has 6 nitrogen and oxygen atoms in total. The quantitative estimate of drug-likeness (QED) is 0.357. The molecule has 6 N–H and O–H groups in total. The Balaban J connectivity index is 2.10. The molecule has 1 unspecified atom stereocenters. The Labute approximate surface area is 105 Å². The summed E-state index contributed by atoms with van der Waals surface area (Å²) in [5.41, 5.74) is 14.9. The van der Waals surface area contributed by atoms with Crippen LogP contribution in [0.2, 0.25) is 0 Å². The van der Waals surface area contributed by atoms with Crippen LogP contribution < -0.4 is 21.7 Å². The first-order valence-electron chi connectivity index (χ1n) is 5.54. The Kier molecular flexibility index (Phi) is 3.38. The van der Waals surface area contributed by atoms with Gasteiger partial charge in [0.25, 0.3) is 0 Å². The number of amidine groups is 1. The molecule has 0 saturated heterocycles. The SMILES string of the molecule is CC1=CC(COc2cccc(N)c2C(=N)N)NO1. The van der Waals surface area contributed by atoms with Crippen LogP contribution in [0.5, 0.6) is 5.75 Å². The van der Waals surface area contributed by atoms with Gasteiger partial charge in [0.05, 0.1) is 11.6 Å². The van der Waals surface area contributed by atoms with Crippen LogP contribution in [0.1, 0.15) is 12.5 Å². The summed E-state index contributed by atoms with van der Waals surface area (Å²) in [7, 11) is 0. The first kappa shape index (κ1) is 12.3. The number of hydroxylamine groups is 1. The molecule has 1 aromatic rings. The second-order valence-corrected chi connectivity index (χ2v) is 4.05. The predicted octanol–water partition coefficient (Wildman–Crippen LogP) is 0.739. The van der Waals surface area contributed by atoms with Crippen LogP contribution in [0.3, 0.4) is 0 Å². The lowest BCUT2D eigenvalue weighted by atomic mass is 10.1. The number of allylic oxidation sites excluding steroid dienone is 1. The molecule has 1 aliphatic rings. The van der Waals surface area contributed by atoms with Crippen LogP contribution in [0.4, 0.5) is 5.69 Å². The lowest BCUT2D eigenvalue weighted by molar-refractivity contribution is 0.101. The standard InChI is InChI=1S/C12H16N4O2/c1-7-5-8(16-18-7)6-17-10-4-2-3-9(13)11(10)12(14)15/h2-5,8,16H,6,13H2,1H3,(H3,14,15). The summed E-state index contributed by atoms with van der Waals surface area (Å²) in [6, 6.07) is 5.16. The van der Waals surface area contributed by atoms with Crippen LogP contribution in [0.25, 0.3) is 0 Å². The van der Waals surface area contributed by atoms with Gasteiger partial charge in [-0.05, 0) is 25.1 Å². The lowest BCUT2D eigenvalue weighted by Gasteiger charge is -2.14. The van der Waals surface area contributed by atoms with Crippen LogP contribution in [-0.2, 0) is 4.84 Å². The van der Waals surface area contributed by atoms with Gasteiger partial charge in [0.15, 0.2) is 0 Å². The highest BCUT2D eigenvalue weighted by Gasteiger charge is 2.16. The molecule has 1 atom stereocenters. The molecule has 1 aliphatic heterocycles. The van der Waals surface area contributed by atoms with Gasteiger partial charge in [-0.15, -0.1) is 5.48 Å². The molecule has 0 fully saturated rings. The third-order valence-electron chi connectivity index (χ3n) is 2.55. The molecule has 0 spiro atoms. The minimum Gasteiger partial charge on any atom is -0.491 e. The fourth-order valence-electron chi connectivity index (χ4n) is 1.74. The van der Waals surface area contributed by atoms with E-state index < -0.39 is 0 Å². The van der Waals surface area contributed by atoms with E-state index in [0.717, 1.165) is 5.76 Å². The maximum atomic E-state index is 7.50. The number of nitrogens with one attached hydrogen (secondary N) is 2. The van der Waals surface area contributed by atoms with Gasteiger partial charge in [-0.1, -0.05) is 6.07 Å². The summed E-state index contributed by atoms with van der Waals surface area (Å²) in [4.78, 5) is 5.09. The van der Waals surface area contributed by atoms with Gasteiger partial charge in [-0.2, -0.15) is 0 Å². The number of hydrogen-bond donors (Lipinski definition) is 4. The zero-order valence-electron chi connectivity index (χ0n) is 10.1. The summed E-state index contributed by atoms with van der Waals surface area (Å²) in [6.45, 7) is 2.23. The number of nitrogens with two attached hydrogens (primary N) is 2. The zero-order chi connectivity index (χ0) is 13.1. The van der Waals surface area contributed by atoms with Crippen molar-refractivity contribution in [3.05, 3.63) is 35.6 Å². The van der Waals surface area contributed by atoms with E-state index in [4.69, 9.17) is 26.5 Å². The number of nitrogen functional groups attached to an aromatic ring is 2. The summed E-state index contributed by atoms with van der Waals surface area (Å²) < 4.78 is 5.62. The van der Waals surface area contributed by atoms with E-state index in [1.54, 1.807) is 18.2 Å². The van der Waals surface area contributed by atoms with Crippen LogP contribution >= 0.6 is 0 Å². The molecule has 0 radical (unpaired) electrons. The fourth-order valence-corrected chi connectivity index (χ4v) is 1.74. The normalized spacial score (nSPS) is 18.1. The van der Waals surface area contributed by atoms with Gasteiger partial charge in [0.1, 0.15) is 24.0 Å². The summed E-state index contributed by atoms with van der Waals surface area (Å²) in [5, 5.41) is 7.50. The Hall–Kier alpha value is -2.21. The van der Waals surface area contributed by atoms with E-state index in [1.807, 2.05) is 13.0 Å². The molecule has 18 heavy (non-hydrogen) atoms. The van der Waals surface area contributed by atoms with E-state index in [1.165, 1.54) is 0 Å². The van der Waals surface area contributed by atoms with Gasteiger partial charge in [0, 0.05) is 5.69 Å². The summed E-state index contributed by atoms with van der Waals surface area (Å²) >= 11 is 0. The Morgan fingerprint density at radius 1 is 1.56 bits per heavy atom. The van der Waals surface area contributed by atoms with Crippen molar-refractivity contribution in [2.24, 2.45) is 5.73 Å². The molecule has 0 aliphatic carbocycles. The highest BCUT2D eigenvalue weighted by atomic mass is 16.7. The first-order chi connectivity index (χ1) is 8.58. The lowest BCUT2D eigenvalue weighted by Crippen LogP contribution is -2.28. The monoisotopic (exact) mass is 248 g/mol. The third kappa shape index (κ3) is 2.54. The molecule has 0 bridgehead atoms. The van der Waals surface area contributed by atoms with Crippen molar-refractivity contribution < 1.29 is 9.57 Å². The molecular weight excluding hydrogens is 232 g/mol. The topological polar surface area (TPSA) is 106 Å². The zero-order valence-corrected chi connectivity index (χ0v) is 10.1. The van der Waals surface area contributed by atoms with Crippen molar-refractivity contribution in [1.82, 2.24) is 5.48 Å². The summed E-state index contributed by atoms with van der Waals surface area (Å²) in [5.74, 6) is 1.20. The smallest absolute Gasteiger partial charge is 0.132 e. The Bertz CT molecular complexity index is 499. The van der Waals surface area contributed by atoms with Crippen molar-refractivity contribution in [1.29, 1.82) is 5.41 Å². The van der Waals surface area contributed by atoms with E-state index in [2.05, 4.69) is 5.48 Å². The minimum absolute atomic E-state index is 0.0220. The van der Waals surface area contributed by atoms with Crippen molar-refractivity contribution in [3.63, 3.8) is 0 Å². The van der Waals surface area contributed by atoms with Crippen molar-refractivity contribution in [3.8, 4) is 5.75 Å². The highest BCUT2D eigenvalue weighted by Crippen LogP contribution is 2.24. The van der Waals surface area contributed by atoms with Crippen LogP contribution in [0, 0.1) is 5.41 Å². The van der Waals surface area contributed by atoms with Crippen molar-refractivity contribution in [2.75, 3.05) is 12.3 Å². The number of rotatable bonds is 4. The average Bonchev–Trinajstić information content (AvgIpc) is 2.72. The van der Waals surface area contributed by atoms with Gasteiger partial charge in [-0.25, -0.2) is 0 Å². The molecule has 0 saturated carbocycles. The maximum absolute atomic E-state index is 7.50. The molecule has 1 aromatic carbocycles. The average molecular weight is 248 g/mol. The number of ether oxygens (including phenoxy) is 1. The van der Waals surface area contributed by atoms with Crippen LogP contribution in [-0.4, -0.2) is 18.5 Å². The van der Waals surface area contributed by atoms with Crippen molar-refractivity contribution in [2.45, 2.75) is 13.0 Å². The highest BCUT2D eigenvalue weighted by molar-refractivity contribution is 6.02. The Morgan fingerprint density at radius 3 is 2.94 bits per heavy atom. The van der Waals surface area contributed by atoms with E-state index in [-0.39, 0.29) is 11.9 Å². The van der Waals surface area contributed by atoms with Crippen LogP contribution in [0.15, 0.2) is 30.0 Å². The van der Waals surface area contributed by atoms with Gasteiger partial charge < -0.3 is 21.0 Å². The molecule has 6 heteroatoms. The van der Waals surface area contributed by atoms with E-state index >= 15 is 0 Å². The summed E-state index contributed by atoms with van der Waals surface area (Å²) in [6.07, 6.45) is 1.92. The Morgan fingerprint density at radius 2 is 2.33 bits per heavy atom. The molecular formula is C12H16N4O2. The van der Waals surface area contributed by atoms with Gasteiger partial charge >= 0.3 is 0 Å². The van der Waals surface area contributed by atoms with Gasteiger partial charge in [-0.3, -0.25) is 5.41 Å². The predicted molar refractivity (Wildman–Crippen MR) is 69.1 cm³/mol. The fraction of sp³-hybridized carbons (Fsp3) is 0.250. The molecule has 0 amide bonds. The van der Waals surface area contributed by atoms with Gasteiger partial charge in [0.2, 0.25) is 0 Å². The minimum atomic E-state index is -0.106. The maximum Gasteiger partial charge on any atom is 0.132 e. The molecule has 1 heterocycles. The first-order valence-corrected chi connectivity index (χ1v) is 5.54. The van der Waals surface area contributed by atoms with E-state index in [9.17, 15) is 0 Å².